The second-order valence-corrected chi connectivity index (χ2v) is 10.7. The first-order valence-electron chi connectivity index (χ1n) is 11.0. The van der Waals surface area contributed by atoms with E-state index in [9.17, 15) is 0 Å². The number of hydrogen-bond acceptors (Lipinski definition) is 8. The van der Waals surface area contributed by atoms with Gasteiger partial charge in [-0.15, -0.1) is 34.0 Å². The van der Waals surface area contributed by atoms with Gasteiger partial charge in [0.05, 0.1) is 21.2 Å². The monoisotopic (exact) mass is 496 g/mol. The molecule has 33 heavy (non-hydrogen) atoms. The molecule has 0 aliphatic carbocycles. The van der Waals surface area contributed by atoms with Crippen molar-refractivity contribution in [2.45, 2.75) is 12.8 Å². The quantitative estimate of drug-likeness (QED) is 0.314. The van der Waals surface area contributed by atoms with E-state index in [0.29, 0.717) is 26.4 Å². The van der Waals surface area contributed by atoms with Crippen LogP contribution in [0.1, 0.15) is 12.0 Å². The van der Waals surface area contributed by atoms with Crippen molar-refractivity contribution in [2.75, 3.05) is 33.0 Å². The Hall–Kier alpha value is -2.68. The highest BCUT2D eigenvalue weighted by atomic mass is 32.1. The highest BCUT2D eigenvalue weighted by Crippen LogP contribution is 2.51. The zero-order chi connectivity index (χ0) is 21.8. The van der Waals surface area contributed by atoms with E-state index in [1.807, 2.05) is 10.8 Å². The van der Waals surface area contributed by atoms with Crippen LogP contribution in [0.3, 0.4) is 0 Å². The van der Waals surface area contributed by atoms with Crippen LogP contribution in [0.2, 0.25) is 0 Å². The molecule has 0 bridgehead atoms. The normalized spacial score (nSPS) is 16.2. The van der Waals surface area contributed by atoms with Gasteiger partial charge in [0, 0.05) is 16.3 Å². The first kappa shape index (κ1) is 19.8. The lowest BCUT2D eigenvalue weighted by molar-refractivity contribution is 0.174. The van der Waals surface area contributed by atoms with Gasteiger partial charge >= 0.3 is 0 Å². The molecule has 1 aromatic carbocycles. The molecule has 0 amide bonds. The van der Waals surface area contributed by atoms with Gasteiger partial charge in [-0.1, -0.05) is 0 Å². The smallest absolute Gasteiger partial charge is 0.179 e. The van der Waals surface area contributed by atoms with Crippen LogP contribution in [0.4, 0.5) is 0 Å². The van der Waals surface area contributed by atoms with Crippen LogP contribution in [0, 0.1) is 0 Å². The molecule has 0 spiro atoms. The van der Waals surface area contributed by atoms with Crippen LogP contribution in [0.5, 0.6) is 28.7 Å². The Labute approximate surface area is 203 Å². The largest absolute Gasteiger partial charge is 0.492 e. The summed E-state index contributed by atoms with van der Waals surface area (Å²) in [4.78, 5) is 3.35. The molecular weight excluding hydrogens is 476 g/mol. The van der Waals surface area contributed by atoms with Crippen molar-refractivity contribution in [3.05, 3.63) is 39.9 Å². The third kappa shape index (κ3) is 3.31. The average molecular weight is 497 g/mol. The number of hydrogen-bond donors (Lipinski definition) is 0. The summed E-state index contributed by atoms with van der Waals surface area (Å²) < 4.78 is 29.8. The molecule has 3 aliphatic heterocycles. The highest BCUT2D eigenvalue weighted by Gasteiger charge is 2.25. The summed E-state index contributed by atoms with van der Waals surface area (Å²) >= 11 is 5.07. The Morgan fingerprint density at radius 2 is 1.00 bits per heavy atom. The molecule has 0 radical (unpaired) electrons. The van der Waals surface area contributed by atoms with Gasteiger partial charge in [0.25, 0.3) is 0 Å². The molecule has 7 rings (SSSR count). The zero-order valence-corrected chi connectivity index (χ0v) is 20.1. The van der Waals surface area contributed by atoms with Crippen molar-refractivity contribution in [3.63, 3.8) is 0 Å². The van der Waals surface area contributed by atoms with Crippen LogP contribution in [0.15, 0.2) is 34.3 Å². The summed E-state index contributed by atoms with van der Waals surface area (Å²) in [5.41, 5.74) is 4.67. The second-order valence-electron chi connectivity index (χ2n) is 8.08. The number of fused-ring (bicyclic) bond motifs is 3. The van der Waals surface area contributed by atoms with Crippen molar-refractivity contribution < 1.29 is 23.7 Å². The first-order valence-corrected chi connectivity index (χ1v) is 13.6. The second kappa shape index (κ2) is 7.97. The first-order chi connectivity index (χ1) is 16.3. The molecule has 0 unspecified atom stereocenters. The van der Waals surface area contributed by atoms with Crippen molar-refractivity contribution in [1.82, 2.24) is 0 Å². The number of thiophene rings is 3. The van der Waals surface area contributed by atoms with Gasteiger partial charge in [0.15, 0.2) is 23.0 Å². The molecule has 0 atom stereocenters. The van der Waals surface area contributed by atoms with Crippen molar-refractivity contribution in [1.29, 1.82) is 0 Å². The topological polar surface area (TPSA) is 46.2 Å². The zero-order valence-electron chi connectivity index (χ0n) is 17.7. The maximum Gasteiger partial charge on any atom is 0.179 e. The fourth-order valence-corrected chi connectivity index (χ4v) is 7.37. The average Bonchev–Trinajstić information content (AvgIpc) is 3.60. The molecule has 4 aromatic rings. The SMILES string of the molecule is c1c(-c2scc3c2OCCC3)cc(-c2scc3c2OCCO3)cc1-c1scc2c1OCCO2. The Bertz CT molecular complexity index is 1170. The molecule has 5 nitrogen and oxygen atoms in total. The Morgan fingerprint density at radius 3 is 1.61 bits per heavy atom. The van der Waals surface area contributed by atoms with E-state index in [-0.39, 0.29) is 0 Å². The lowest BCUT2D eigenvalue weighted by Crippen LogP contribution is -2.14. The van der Waals surface area contributed by atoms with Gasteiger partial charge < -0.3 is 23.7 Å². The highest BCUT2D eigenvalue weighted by molar-refractivity contribution is 7.15. The Morgan fingerprint density at radius 1 is 0.515 bits per heavy atom. The Balaban J connectivity index is 1.42. The van der Waals surface area contributed by atoms with E-state index in [0.717, 1.165) is 74.6 Å². The molecular formula is C25H20O5S3. The van der Waals surface area contributed by atoms with E-state index in [2.05, 4.69) is 23.6 Å². The lowest BCUT2D eigenvalue weighted by atomic mass is 10.00. The molecule has 0 N–H and O–H groups in total. The minimum absolute atomic E-state index is 0.569. The third-order valence-electron chi connectivity index (χ3n) is 5.98. The summed E-state index contributed by atoms with van der Waals surface area (Å²) in [6, 6.07) is 6.71. The number of rotatable bonds is 3. The van der Waals surface area contributed by atoms with Gasteiger partial charge in [0.1, 0.15) is 32.2 Å². The molecule has 6 heterocycles. The predicted octanol–water partition coefficient (Wildman–Crippen LogP) is 6.74. The van der Waals surface area contributed by atoms with Gasteiger partial charge in [0.2, 0.25) is 0 Å². The van der Waals surface area contributed by atoms with E-state index >= 15 is 0 Å². The van der Waals surface area contributed by atoms with Crippen LogP contribution in [-0.2, 0) is 6.42 Å². The van der Waals surface area contributed by atoms with Crippen LogP contribution in [0.25, 0.3) is 31.3 Å². The number of aryl methyl sites for hydroxylation is 1. The summed E-state index contributed by atoms with van der Waals surface area (Å²) in [7, 11) is 0. The number of ether oxygens (including phenoxy) is 5. The van der Waals surface area contributed by atoms with Crippen molar-refractivity contribution in [2.24, 2.45) is 0 Å². The Kier molecular flexibility index (Phi) is 4.77. The molecule has 3 aromatic heterocycles. The molecule has 3 aliphatic rings. The summed E-state index contributed by atoms with van der Waals surface area (Å²) in [5, 5.41) is 6.32. The minimum atomic E-state index is 0.569. The van der Waals surface area contributed by atoms with Gasteiger partial charge in [-0.05, 0) is 53.1 Å². The predicted molar refractivity (Wildman–Crippen MR) is 132 cm³/mol. The molecule has 0 saturated carbocycles. The van der Waals surface area contributed by atoms with E-state index < -0.39 is 0 Å². The van der Waals surface area contributed by atoms with Crippen molar-refractivity contribution >= 4 is 34.0 Å². The van der Waals surface area contributed by atoms with Gasteiger partial charge in [-0.2, -0.15) is 0 Å². The summed E-state index contributed by atoms with van der Waals surface area (Å²) in [5.74, 6) is 4.37. The summed E-state index contributed by atoms with van der Waals surface area (Å²) in [6.07, 6.45) is 2.15. The maximum absolute atomic E-state index is 6.12. The standard InChI is InChI=1S/C25H20O5S3/c1-2-14-11-31-23(20(14)28-3-1)15-8-16(24-21-18(12-32-24)26-4-6-29-21)10-17(9-15)25-22-19(13-33-25)27-5-7-30-22/h8-13H,1-7H2. The summed E-state index contributed by atoms with van der Waals surface area (Å²) in [6.45, 7) is 3.09. The van der Waals surface area contributed by atoms with Crippen LogP contribution in [-0.4, -0.2) is 33.0 Å². The van der Waals surface area contributed by atoms with Gasteiger partial charge in [-0.25, -0.2) is 0 Å². The lowest BCUT2D eigenvalue weighted by Gasteiger charge is -2.18. The molecule has 0 saturated heterocycles. The fraction of sp³-hybridized carbons (Fsp3) is 0.280. The fourth-order valence-electron chi connectivity index (χ4n) is 4.49. The molecule has 168 valence electrons. The minimum Gasteiger partial charge on any atom is -0.492 e. The van der Waals surface area contributed by atoms with Crippen LogP contribution >= 0.6 is 34.0 Å². The maximum atomic E-state index is 6.12. The van der Waals surface area contributed by atoms with Gasteiger partial charge in [-0.3, -0.25) is 0 Å². The van der Waals surface area contributed by atoms with E-state index in [1.165, 1.54) is 10.4 Å². The van der Waals surface area contributed by atoms with Crippen LogP contribution < -0.4 is 23.7 Å². The molecule has 0 fully saturated rings. The number of benzene rings is 1. The molecule has 8 heteroatoms. The van der Waals surface area contributed by atoms with E-state index in [4.69, 9.17) is 23.7 Å². The third-order valence-corrected chi connectivity index (χ3v) is 9.01. The van der Waals surface area contributed by atoms with Crippen molar-refractivity contribution in [3.8, 4) is 60.1 Å². The van der Waals surface area contributed by atoms with E-state index in [1.54, 1.807) is 34.0 Å².